The first-order valence-corrected chi connectivity index (χ1v) is 5.76. The quantitative estimate of drug-likeness (QED) is 0.682. The van der Waals surface area contributed by atoms with Crippen LogP contribution in [-0.2, 0) is 4.79 Å². The summed E-state index contributed by atoms with van der Waals surface area (Å²) in [6.07, 6.45) is 0. The van der Waals surface area contributed by atoms with E-state index in [9.17, 15) is 9.59 Å². The lowest BCUT2D eigenvalue weighted by atomic mass is 10.1. The average Bonchev–Trinajstić information content (AvgIpc) is 2.94. The Morgan fingerprint density at radius 2 is 2.10 bits per heavy atom. The highest BCUT2D eigenvalue weighted by Gasteiger charge is 2.17. The zero-order valence-electron chi connectivity index (χ0n) is 11.0. The van der Waals surface area contributed by atoms with Gasteiger partial charge >= 0.3 is 5.97 Å². The van der Waals surface area contributed by atoms with Crippen molar-refractivity contribution in [2.24, 2.45) is 5.73 Å². The minimum Gasteiger partial charge on any atom is -0.493 e. The van der Waals surface area contributed by atoms with Gasteiger partial charge in [0.05, 0.1) is 7.11 Å². The van der Waals surface area contributed by atoms with Crippen molar-refractivity contribution >= 4 is 11.9 Å². The number of carboxylic acids is 1. The fourth-order valence-electron chi connectivity index (χ4n) is 1.68. The van der Waals surface area contributed by atoms with Crippen LogP contribution in [-0.4, -0.2) is 46.1 Å². The average molecular weight is 292 g/mol. The third-order valence-electron chi connectivity index (χ3n) is 2.57. The van der Waals surface area contributed by atoms with Gasteiger partial charge in [-0.2, -0.15) is 15.4 Å². The molecule has 21 heavy (non-hydrogen) atoms. The number of amides is 1. The van der Waals surface area contributed by atoms with Crippen LogP contribution >= 0.6 is 0 Å². The van der Waals surface area contributed by atoms with E-state index in [2.05, 4.69) is 15.4 Å². The number of carbonyl (C=O) groups excluding carboxylic acids is 1. The van der Waals surface area contributed by atoms with Gasteiger partial charge in [0.25, 0.3) is 5.91 Å². The number of hydrogen-bond donors (Lipinski definition) is 3. The monoisotopic (exact) mass is 292 g/mol. The summed E-state index contributed by atoms with van der Waals surface area (Å²) in [5, 5.41) is 18.4. The summed E-state index contributed by atoms with van der Waals surface area (Å²) >= 11 is 0. The van der Waals surface area contributed by atoms with Crippen LogP contribution in [0.4, 0.5) is 0 Å². The minimum absolute atomic E-state index is 0.00347. The highest BCUT2D eigenvalue weighted by molar-refractivity contribution is 5.96. The van der Waals surface area contributed by atoms with Gasteiger partial charge in [-0.3, -0.25) is 4.79 Å². The van der Waals surface area contributed by atoms with E-state index < -0.39 is 18.5 Å². The van der Waals surface area contributed by atoms with Gasteiger partial charge in [-0.05, 0) is 18.2 Å². The lowest BCUT2D eigenvalue weighted by Crippen LogP contribution is -2.13. The van der Waals surface area contributed by atoms with Gasteiger partial charge in [-0.1, -0.05) is 0 Å². The third kappa shape index (κ3) is 3.08. The van der Waals surface area contributed by atoms with Crippen molar-refractivity contribution in [3.8, 4) is 22.8 Å². The maximum Gasteiger partial charge on any atom is 0.341 e. The number of nitrogens with one attached hydrogen (secondary N) is 1. The van der Waals surface area contributed by atoms with Crippen LogP contribution in [0.2, 0.25) is 0 Å². The molecule has 4 N–H and O–H groups in total. The molecule has 1 aromatic heterocycles. The Labute approximate surface area is 118 Å². The molecule has 110 valence electrons. The van der Waals surface area contributed by atoms with Crippen molar-refractivity contribution in [2.45, 2.75) is 0 Å². The number of aromatic amines is 1. The number of methoxy groups -OCH3 is 1. The topological polar surface area (TPSA) is 140 Å². The molecule has 2 aromatic rings. The highest BCUT2D eigenvalue weighted by atomic mass is 16.5. The second kappa shape index (κ2) is 5.90. The number of benzene rings is 1. The van der Waals surface area contributed by atoms with Crippen LogP contribution in [0.25, 0.3) is 11.3 Å². The first kappa shape index (κ1) is 14.3. The molecule has 9 nitrogen and oxygen atoms in total. The van der Waals surface area contributed by atoms with E-state index in [-0.39, 0.29) is 17.1 Å². The van der Waals surface area contributed by atoms with Crippen molar-refractivity contribution in [2.75, 3.05) is 13.7 Å². The molecule has 0 spiro atoms. The summed E-state index contributed by atoms with van der Waals surface area (Å²) in [7, 11) is 1.41. The number of rotatable bonds is 6. The normalized spacial score (nSPS) is 10.1. The van der Waals surface area contributed by atoms with E-state index in [1.807, 2.05) is 0 Å². The van der Waals surface area contributed by atoms with Crippen molar-refractivity contribution in [1.29, 1.82) is 0 Å². The van der Waals surface area contributed by atoms with Gasteiger partial charge in [0, 0.05) is 5.56 Å². The largest absolute Gasteiger partial charge is 0.493 e. The summed E-state index contributed by atoms with van der Waals surface area (Å²) in [6, 6.07) is 4.64. The predicted octanol–water partition coefficient (Wildman–Crippen LogP) is 0.0426. The number of carboxylic acid groups (broad SMARTS) is 1. The Hall–Kier alpha value is -3.10. The molecular weight excluding hydrogens is 280 g/mol. The van der Waals surface area contributed by atoms with E-state index in [1.54, 1.807) is 12.1 Å². The van der Waals surface area contributed by atoms with Crippen LogP contribution < -0.4 is 15.2 Å². The van der Waals surface area contributed by atoms with Crippen LogP contribution in [0.3, 0.4) is 0 Å². The van der Waals surface area contributed by atoms with Gasteiger partial charge in [-0.25, -0.2) is 4.79 Å². The smallest absolute Gasteiger partial charge is 0.341 e. The SMILES string of the molecule is COc1cc(-c2n[nH]nc2C(N)=O)ccc1OCC(=O)O. The Kier molecular flexibility index (Phi) is 4.02. The molecule has 0 saturated carbocycles. The summed E-state index contributed by atoms with van der Waals surface area (Å²) in [5.41, 5.74) is 5.99. The molecule has 2 rings (SSSR count). The Bertz CT molecular complexity index is 682. The lowest BCUT2D eigenvalue weighted by molar-refractivity contribution is -0.139. The number of H-pyrrole nitrogens is 1. The molecule has 0 atom stereocenters. The van der Waals surface area contributed by atoms with E-state index in [0.717, 1.165) is 0 Å². The molecule has 9 heteroatoms. The third-order valence-corrected chi connectivity index (χ3v) is 2.57. The van der Waals surface area contributed by atoms with Crippen LogP contribution in [0.1, 0.15) is 10.5 Å². The van der Waals surface area contributed by atoms with Crippen molar-refractivity contribution < 1.29 is 24.2 Å². The number of carbonyl (C=O) groups is 2. The van der Waals surface area contributed by atoms with E-state index in [4.69, 9.17) is 20.3 Å². The molecule has 1 aromatic carbocycles. The number of aromatic nitrogens is 3. The minimum atomic E-state index is -1.10. The summed E-state index contributed by atoms with van der Waals surface area (Å²) in [4.78, 5) is 21.7. The lowest BCUT2D eigenvalue weighted by Gasteiger charge is -2.10. The standard InChI is InChI=1S/C12H12N4O5/c1-20-8-4-6(2-3-7(8)21-5-9(17)18)10-11(12(13)19)15-16-14-10/h2-4H,5H2,1H3,(H2,13,19)(H,17,18)(H,14,15,16). The van der Waals surface area contributed by atoms with Gasteiger partial charge in [0.1, 0.15) is 5.69 Å². The molecule has 0 radical (unpaired) electrons. The molecule has 0 unspecified atom stereocenters. The number of primary amides is 1. The fraction of sp³-hybridized carbons (Fsp3) is 0.167. The maximum absolute atomic E-state index is 11.2. The molecule has 1 heterocycles. The Morgan fingerprint density at radius 1 is 1.33 bits per heavy atom. The fourth-order valence-corrected chi connectivity index (χ4v) is 1.68. The number of hydrogen-bond acceptors (Lipinski definition) is 6. The first-order chi connectivity index (χ1) is 10.0. The molecule has 0 bridgehead atoms. The van der Waals surface area contributed by atoms with Crippen molar-refractivity contribution in [3.63, 3.8) is 0 Å². The molecule has 0 saturated heterocycles. The highest BCUT2D eigenvalue weighted by Crippen LogP contribution is 2.32. The van der Waals surface area contributed by atoms with Crippen LogP contribution in [0.15, 0.2) is 18.2 Å². The Morgan fingerprint density at radius 3 is 2.71 bits per heavy atom. The maximum atomic E-state index is 11.2. The second-order valence-corrected chi connectivity index (χ2v) is 3.93. The molecule has 0 aliphatic heterocycles. The van der Waals surface area contributed by atoms with E-state index >= 15 is 0 Å². The van der Waals surface area contributed by atoms with Gasteiger partial charge in [0.15, 0.2) is 23.8 Å². The number of aliphatic carboxylic acids is 1. The van der Waals surface area contributed by atoms with Gasteiger partial charge in [0.2, 0.25) is 0 Å². The van der Waals surface area contributed by atoms with Crippen LogP contribution in [0.5, 0.6) is 11.5 Å². The zero-order valence-corrected chi connectivity index (χ0v) is 11.0. The summed E-state index contributed by atoms with van der Waals surface area (Å²) in [5.74, 6) is -1.27. The van der Waals surface area contributed by atoms with E-state index in [0.29, 0.717) is 11.3 Å². The molecule has 0 fully saturated rings. The number of ether oxygens (including phenoxy) is 2. The first-order valence-electron chi connectivity index (χ1n) is 5.76. The summed E-state index contributed by atoms with van der Waals surface area (Å²) < 4.78 is 10.2. The molecular formula is C12H12N4O5. The second-order valence-electron chi connectivity index (χ2n) is 3.93. The van der Waals surface area contributed by atoms with Gasteiger partial charge in [-0.15, -0.1) is 0 Å². The van der Waals surface area contributed by atoms with Crippen LogP contribution in [0, 0.1) is 0 Å². The zero-order chi connectivity index (χ0) is 15.4. The number of nitrogens with zero attached hydrogens (tertiary/aromatic N) is 2. The molecule has 1 amide bonds. The molecule has 0 aliphatic carbocycles. The molecule has 0 aliphatic rings. The number of nitrogens with two attached hydrogens (primary N) is 1. The van der Waals surface area contributed by atoms with Gasteiger partial charge < -0.3 is 20.3 Å². The van der Waals surface area contributed by atoms with Crippen molar-refractivity contribution in [3.05, 3.63) is 23.9 Å². The summed E-state index contributed by atoms with van der Waals surface area (Å²) in [6.45, 7) is -0.494. The Balaban J connectivity index is 2.36. The van der Waals surface area contributed by atoms with Crippen molar-refractivity contribution in [1.82, 2.24) is 15.4 Å². The predicted molar refractivity (Wildman–Crippen MR) is 70.0 cm³/mol. The van der Waals surface area contributed by atoms with E-state index in [1.165, 1.54) is 13.2 Å².